The number of aryl methyl sites for hydroxylation is 1. The SMILES string of the molecule is CCc1ccc(CCOc2ccc(CC3SC(=O)NC3=O)cc2)[n+](O)c1. The normalized spacial score (nSPS) is 16.6. The number of hydrogen-bond donors (Lipinski definition) is 2. The third kappa shape index (κ3) is 4.54. The lowest BCUT2D eigenvalue weighted by molar-refractivity contribution is -0.909. The third-order valence-corrected chi connectivity index (χ3v) is 5.20. The number of nitrogens with one attached hydrogen (secondary N) is 1. The molecule has 3 rings (SSSR count). The topological polar surface area (TPSA) is 79.5 Å². The molecule has 2 amide bonds. The molecule has 1 saturated heterocycles. The van der Waals surface area contributed by atoms with Crippen LogP contribution in [0.2, 0.25) is 0 Å². The van der Waals surface area contributed by atoms with E-state index in [0.717, 1.165) is 45.5 Å². The molecule has 2 aromatic rings. The molecular formula is C19H21N2O4S+. The maximum atomic E-state index is 11.6. The number of nitrogens with zero attached hydrogens (tertiary/aromatic N) is 1. The summed E-state index contributed by atoms with van der Waals surface area (Å²) in [7, 11) is 0. The van der Waals surface area contributed by atoms with Gasteiger partial charge < -0.3 is 4.74 Å². The maximum Gasteiger partial charge on any atom is 0.286 e. The van der Waals surface area contributed by atoms with E-state index in [9.17, 15) is 14.8 Å². The number of amides is 2. The first-order chi connectivity index (χ1) is 12.5. The molecule has 1 fully saturated rings. The van der Waals surface area contributed by atoms with Gasteiger partial charge in [-0.15, -0.1) is 0 Å². The number of benzene rings is 1. The van der Waals surface area contributed by atoms with E-state index in [0.29, 0.717) is 19.4 Å². The summed E-state index contributed by atoms with van der Waals surface area (Å²) in [5.74, 6) is 0.495. The largest absolute Gasteiger partial charge is 0.493 e. The van der Waals surface area contributed by atoms with E-state index in [4.69, 9.17) is 4.74 Å². The summed E-state index contributed by atoms with van der Waals surface area (Å²) in [6.45, 7) is 2.48. The third-order valence-electron chi connectivity index (χ3n) is 4.22. The second kappa shape index (κ2) is 8.23. The molecule has 0 radical (unpaired) electrons. The van der Waals surface area contributed by atoms with Crippen molar-refractivity contribution in [2.24, 2.45) is 0 Å². The van der Waals surface area contributed by atoms with Crippen molar-refractivity contribution in [3.63, 3.8) is 0 Å². The standard InChI is InChI=1S/C19H20N2O4S/c1-2-13-3-6-15(21(24)12-13)9-10-25-16-7-4-14(5-8-16)11-17-18(22)20-19(23)26-17/h3-8,12,17H,2,9-11H2,1H3,(H-,20,22,23,24)/p+1. The highest BCUT2D eigenvalue weighted by Crippen LogP contribution is 2.23. The van der Waals surface area contributed by atoms with E-state index >= 15 is 0 Å². The summed E-state index contributed by atoms with van der Waals surface area (Å²) in [5, 5.41) is 11.6. The van der Waals surface area contributed by atoms with E-state index in [1.165, 1.54) is 0 Å². The molecule has 0 spiro atoms. The highest BCUT2D eigenvalue weighted by atomic mass is 32.2. The minimum atomic E-state index is -0.361. The number of carbonyl (C=O) groups excluding carboxylic acids is 2. The van der Waals surface area contributed by atoms with Crippen LogP contribution in [0.25, 0.3) is 0 Å². The van der Waals surface area contributed by atoms with Crippen molar-refractivity contribution in [2.75, 3.05) is 6.61 Å². The Morgan fingerprint density at radius 1 is 1.15 bits per heavy atom. The fourth-order valence-corrected chi connectivity index (χ4v) is 3.57. The van der Waals surface area contributed by atoms with Crippen LogP contribution in [-0.2, 0) is 24.1 Å². The Kier molecular flexibility index (Phi) is 5.78. The van der Waals surface area contributed by atoms with Crippen LogP contribution in [0.3, 0.4) is 0 Å². The molecule has 1 aromatic heterocycles. The molecule has 2 N–H and O–H groups in total. The molecule has 136 valence electrons. The van der Waals surface area contributed by atoms with Crippen LogP contribution >= 0.6 is 11.8 Å². The van der Waals surface area contributed by atoms with Gasteiger partial charge in [-0.2, -0.15) is 0 Å². The fourth-order valence-electron chi connectivity index (χ4n) is 2.71. The van der Waals surface area contributed by atoms with Gasteiger partial charge in [0, 0.05) is 16.4 Å². The zero-order valence-corrected chi connectivity index (χ0v) is 15.3. The number of aromatic nitrogens is 1. The number of rotatable bonds is 7. The van der Waals surface area contributed by atoms with Gasteiger partial charge in [0.05, 0.1) is 18.3 Å². The second-order valence-electron chi connectivity index (χ2n) is 6.06. The maximum absolute atomic E-state index is 11.6. The van der Waals surface area contributed by atoms with Crippen LogP contribution in [0.1, 0.15) is 23.7 Å². The molecule has 2 heterocycles. The Morgan fingerprint density at radius 3 is 2.50 bits per heavy atom. The fraction of sp³-hybridized carbons (Fsp3) is 0.316. The van der Waals surface area contributed by atoms with Crippen LogP contribution in [0.15, 0.2) is 42.6 Å². The first kappa shape index (κ1) is 18.3. The molecule has 0 saturated carbocycles. The second-order valence-corrected chi connectivity index (χ2v) is 7.23. The lowest BCUT2D eigenvalue weighted by atomic mass is 10.1. The van der Waals surface area contributed by atoms with Crippen LogP contribution in [0.5, 0.6) is 5.75 Å². The Morgan fingerprint density at radius 2 is 1.88 bits per heavy atom. The number of ether oxygens (including phenoxy) is 1. The number of carbonyl (C=O) groups is 2. The summed E-state index contributed by atoms with van der Waals surface area (Å²) < 4.78 is 6.87. The Labute approximate surface area is 156 Å². The molecule has 0 aliphatic carbocycles. The molecule has 6 nitrogen and oxygen atoms in total. The number of imide groups is 1. The zero-order valence-electron chi connectivity index (χ0n) is 14.5. The Bertz CT molecular complexity index is 808. The van der Waals surface area contributed by atoms with Crippen molar-refractivity contribution in [2.45, 2.75) is 31.4 Å². The highest BCUT2D eigenvalue weighted by molar-refractivity contribution is 8.15. The van der Waals surface area contributed by atoms with E-state index in [1.54, 1.807) is 6.20 Å². The van der Waals surface area contributed by atoms with Gasteiger partial charge in [-0.25, -0.2) is 0 Å². The predicted octanol–water partition coefficient (Wildman–Crippen LogP) is 2.29. The van der Waals surface area contributed by atoms with Crippen LogP contribution in [0, 0.1) is 0 Å². The molecule has 1 aliphatic heterocycles. The van der Waals surface area contributed by atoms with Crippen molar-refractivity contribution in [1.82, 2.24) is 5.32 Å². The van der Waals surface area contributed by atoms with Crippen LogP contribution in [-0.4, -0.2) is 28.2 Å². The van der Waals surface area contributed by atoms with E-state index < -0.39 is 0 Å². The number of hydrogen-bond acceptors (Lipinski definition) is 5. The summed E-state index contributed by atoms with van der Waals surface area (Å²) in [6.07, 6.45) is 3.69. The average molecular weight is 373 g/mol. The van der Waals surface area contributed by atoms with Gasteiger partial charge in [0.15, 0.2) is 0 Å². The lowest BCUT2D eigenvalue weighted by Gasteiger charge is -2.08. The number of pyridine rings is 1. The van der Waals surface area contributed by atoms with Crippen molar-refractivity contribution >= 4 is 22.9 Å². The predicted molar refractivity (Wildman–Crippen MR) is 97.5 cm³/mol. The first-order valence-corrected chi connectivity index (χ1v) is 9.39. The number of thioether (sulfide) groups is 1. The van der Waals surface area contributed by atoms with Gasteiger partial charge in [0.1, 0.15) is 5.75 Å². The van der Waals surface area contributed by atoms with Crippen molar-refractivity contribution in [1.29, 1.82) is 0 Å². The van der Waals surface area contributed by atoms with E-state index in [2.05, 4.69) is 5.32 Å². The minimum Gasteiger partial charge on any atom is -0.493 e. The average Bonchev–Trinajstić information content (AvgIpc) is 2.95. The van der Waals surface area contributed by atoms with Gasteiger partial charge in [0.2, 0.25) is 17.8 Å². The Hall–Kier alpha value is -2.54. The smallest absolute Gasteiger partial charge is 0.286 e. The monoisotopic (exact) mass is 373 g/mol. The van der Waals surface area contributed by atoms with Crippen LogP contribution in [0.4, 0.5) is 4.79 Å². The van der Waals surface area contributed by atoms with Crippen molar-refractivity contribution in [3.8, 4) is 5.75 Å². The van der Waals surface area contributed by atoms with E-state index in [-0.39, 0.29) is 16.4 Å². The summed E-state index contributed by atoms with van der Waals surface area (Å²) in [6, 6.07) is 11.4. The molecule has 1 unspecified atom stereocenters. The zero-order chi connectivity index (χ0) is 18.5. The van der Waals surface area contributed by atoms with Gasteiger partial charge in [-0.3, -0.25) is 20.1 Å². The minimum absolute atomic E-state index is 0.230. The summed E-state index contributed by atoms with van der Waals surface area (Å²) in [4.78, 5) is 22.8. The first-order valence-electron chi connectivity index (χ1n) is 8.51. The molecule has 7 heteroatoms. The van der Waals surface area contributed by atoms with Gasteiger partial charge in [-0.05, 0) is 36.6 Å². The lowest BCUT2D eigenvalue weighted by Crippen LogP contribution is -2.36. The summed E-state index contributed by atoms with van der Waals surface area (Å²) in [5.41, 5.74) is 2.83. The molecule has 1 atom stereocenters. The van der Waals surface area contributed by atoms with E-state index in [1.807, 2.05) is 43.3 Å². The van der Waals surface area contributed by atoms with Crippen molar-refractivity contribution < 1.29 is 24.3 Å². The molecular weight excluding hydrogens is 352 g/mol. The Balaban J connectivity index is 1.50. The highest BCUT2D eigenvalue weighted by Gasteiger charge is 2.31. The molecule has 0 bridgehead atoms. The molecule has 1 aromatic carbocycles. The van der Waals surface area contributed by atoms with Crippen molar-refractivity contribution in [3.05, 3.63) is 59.4 Å². The van der Waals surface area contributed by atoms with Gasteiger partial charge in [-0.1, -0.05) is 30.8 Å². The molecule has 26 heavy (non-hydrogen) atoms. The van der Waals surface area contributed by atoms with Gasteiger partial charge >= 0.3 is 0 Å². The van der Waals surface area contributed by atoms with Crippen LogP contribution < -0.4 is 14.8 Å². The summed E-state index contributed by atoms with van der Waals surface area (Å²) >= 11 is 1.03. The quantitative estimate of drug-likeness (QED) is 0.575. The molecule has 1 aliphatic rings. The van der Waals surface area contributed by atoms with Gasteiger partial charge in [0.25, 0.3) is 5.24 Å².